The van der Waals surface area contributed by atoms with Crippen molar-refractivity contribution < 1.29 is 19.1 Å². The molecule has 3 rings (SSSR count). The van der Waals surface area contributed by atoms with Crippen molar-refractivity contribution in [3.8, 4) is 11.5 Å². The summed E-state index contributed by atoms with van der Waals surface area (Å²) in [6, 6.07) is 12.5. The van der Waals surface area contributed by atoms with Gasteiger partial charge in [0, 0.05) is 23.5 Å². The van der Waals surface area contributed by atoms with E-state index in [0.717, 1.165) is 11.3 Å². The van der Waals surface area contributed by atoms with E-state index >= 15 is 0 Å². The van der Waals surface area contributed by atoms with Crippen molar-refractivity contribution in [2.24, 2.45) is 0 Å². The van der Waals surface area contributed by atoms with E-state index in [1.165, 1.54) is 0 Å². The second-order valence-corrected chi connectivity index (χ2v) is 6.92. The Balaban J connectivity index is 1.58. The van der Waals surface area contributed by atoms with Gasteiger partial charge in [-0.15, -0.1) is 0 Å². The molecule has 0 spiro atoms. The molecule has 1 heterocycles. The molecule has 7 nitrogen and oxygen atoms in total. The molecular weight excluding hydrogens is 358 g/mol. The molecule has 3 amide bonds. The summed E-state index contributed by atoms with van der Waals surface area (Å²) < 4.78 is 10.9. The van der Waals surface area contributed by atoms with Crippen molar-refractivity contribution in [1.82, 2.24) is 5.32 Å². The van der Waals surface area contributed by atoms with Crippen molar-refractivity contribution in [1.29, 1.82) is 0 Å². The van der Waals surface area contributed by atoms with Crippen LogP contribution in [0.25, 0.3) is 0 Å². The number of carbonyl (C=O) groups is 2. The molecule has 148 valence electrons. The zero-order valence-electron chi connectivity index (χ0n) is 16.3. The summed E-state index contributed by atoms with van der Waals surface area (Å²) in [5.74, 6) is 0.823. The highest BCUT2D eigenvalue weighted by Crippen LogP contribution is 2.32. The number of nitrogens with zero attached hydrogens (tertiary/aromatic N) is 1. The number of imide groups is 1. The van der Waals surface area contributed by atoms with Gasteiger partial charge in [0.15, 0.2) is 11.5 Å². The molecule has 0 saturated carbocycles. The van der Waals surface area contributed by atoms with Crippen LogP contribution in [0.3, 0.4) is 0 Å². The molecule has 0 aliphatic carbocycles. The highest BCUT2D eigenvalue weighted by molar-refractivity contribution is 6.02. The summed E-state index contributed by atoms with van der Waals surface area (Å²) in [7, 11) is 0. The number of hydrogen-bond donors (Lipinski definition) is 2. The normalized spacial score (nSPS) is 12.4. The molecule has 2 aromatic rings. The minimum absolute atomic E-state index is 0.0787. The second kappa shape index (κ2) is 8.65. The van der Waals surface area contributed by atoms with Gasteiger partial charge in [0.2, 0.25) is 5.91 Å². The Kier molecular flexibility index (Phi) is 6.03. The minimum Gasteiger partial charge on any atom is -0.486 e. The standard InChI is InChI=1S/C21H25N3O4/c1-14(2)24(17-7-4-15(3)5-8-17)13-20(25)23-21(26)22-16-6-9-18-19(12-16)28-11-10-27-18/h4-9,12,14H,10-11,13H2,1-3H3,(H2,22,23,25,26). The van der Waals surface area contributed by atoms with Gasteiger partial charge < -0.3 is 19.7 Å². The van der Waals surface area contributed by atoms with Crippen molar-refractivity contribution in [2.75, 3.05) is 30.0 Å². The van der Waals surface area contributed by atoms with Gasteiger partial charge in [-0.3, -0.25) is 10.1 Å². The molecular formula is C21H25N3O4. The number of benzene rings is 2. The van der Waals surface area contributed by atoms with E-state index < -0.39 is 6.03 Å². The van der Waals surface area contributed by atoms with Crippen LogP contribution < -0.4 is 25.0 Å². The summed E-state index contributed by atoms with van der Waals surface area (Å²) >= 11 is 0. The lowest BCUT2D eigenvalue weighted by Gasteiger charge is -2.28. The third-order valence-electron chi connectivity index (χ3n) is 4.36. The van der Waals surface area contributed by atoms with Crippen molar-refractivity contribution in [3.05, 3.63) is 48.0 Å². The molecule has 1 aliphatic heterocycles. The molecule has 0 saturated heterocycles. The van der Waals surface area contributed by atoms with Crippen molar-refractivity contribution in [3.63, 3.8) is 0 Å². The molecule has 0 fully saturated rings. The molecule has 0 atom stereocenters. The Morgan fingerprint density at radius 3 is 2.39 bits per heavy atom. The first-order chi connectivity index (χ1) is 13.4. The Morgan fingerprint density at radius 2 is 1.71 bits per heavy atom. The lowest BCUT2D eigenvalue weighted by Crippen LogP contribution is -2.44. The van der Waals surface area contributed by atoms with E-state index in [2.05, 4.69) is 10.6 Å². The fourth-order valence-corrected chi connectivity index (χ4v) is 2.91. The summed E-state index contributed by atoms with van der Waals surface area (Å²) in [4.78, 5) is 26.5. The maximum absolute atomic E-state index is 12.4. The first kappa shape index (κ1) is 19.5. The van der Waals surface area contributed by atoms with E-state index in [9.17, 15) is 9.59 Å². The number of ether oxygens (including phenoxy) is 2. The predicted octanol–water partition coefficient (Wildman–Crippen LogP) is 3.33. The molecule has 2 aromatic carbocycles. The molecule has 1 aliphatic rings. The van der Waals surface area contributed by atoms with E-state index in [4.69, 9.17) is 9.47 Å². The van der Waals surface area contributed by atoms with E-state index in [0.29, 0.717) is 30.4 Å². The largest absolute Gasteiger partial charge is 0.486 e. The molecule has 28 heavy (non-hydrogen) atoms. The number of amides is 3. The molecule has 0 radical (unpaired) electrons. The average Bonchev–Trinajstić information content (AvgIpc) is 2.66. The smallest absolute Gasteiger partial charge is 0.325 e. The highest BCUT2D eigenvalue weighted by Gasteiger charge is 2.17. The van der Waals surface area contributed by atoms with Gasteiger partial charge in [0.1, 0.15) is 13.2 Å². The van der Waals surface area contributed by atoms with E-state index in [1.807, 2.05) is 49.9 Å². The Hall–Kier alpha value is -3.22. The minimum atomic E-state index is -0.589. The van der Waals surface area contributed by atoms with Gasteiger partial charge in [0.05, 0.1) is 6.54 Å². The van der Waals surface area contributed by atoms with Crippen LogP contribution in [0.2, 0.25) is 0 Å². The lowest BCUT2D eigenvalue weighted by molar-refractivity contribution is -0.118. The van der Waals surface area contributed by atoms with Gasteiger partial charge in [-0.25, -0.2) is 4.79 Å². The molecule has 0 aromatic heterocycles. The monoisotopic (exact) mass is 383 g/mol. The molecule has 0 bridgehead atoms. The van der Waals surface area contributed by atoms with Crippen molar-refractivity contribution in [2.45, 2.75) is 26.8 Å². The number of nitrogens with one attached hydrogen (secondary N) is 2. The SMILES string of the molecule is Cc1ccc(N(CC(=O)NC(=O)Nc2ccc3c(c2)OCCO3)C(C)C)cc1. The van der Waals surface area contributed by atoms with Crippen LogP contribution in [0.5, 0.6) is 11.5 Å². The summed E-state index contributed by atoms with van der Waals surface area (Å²) in [6.45, 7) is 7.06. The van der Waals surface area contributed by atoms with Gasteiger partial charge in [-0.05, 0) is 45.0 Å². The lowest BCUT2D eigenvalue weighted by atomic mass is 10.2. The topological polar surface area (TPSA) is 79.9 Å². The number of anilines is 2. The Bertz CT molecular complexity index is 849. The van der Waals surface area contributed by atoms with Crippen LogP contribution in [0.1, 0.15) is 19.4 Å². The van der Waals surface area contributed by atoms with Gasteiger partial charge in [-0.1, -0.05) is 17.7 Å². The number of urea groups is 1. The number of carbonyl (C=O) groups excluding carboxylic acids is 2. The summed E-state index contributed by atoms with van der Waals surface area (Å²) in [6.07, 6.45) is 0. The van der Waals surface area contributed by atoms with Crippen LogP contribution in [0, 0.1) is 6.92 Å². The Labute approximate surface area is 164 Å². The molecule has 0 unspecified atom stereocenters. The number of rotatable bonds is 5. The first-order valence-electron chi connectivity index (χ1n) is 9.26. The van der Waals surface area contributed by atoms with Gasteiger partial charge in [-0.2, -0.15) is 0 Å². The zero-order chi connectivity index (χ0) is 20.1. The summed E-state index contributed by atoms with van der Waals surface area (Å²) in [5, 5.41) is 5.02. The molecule has 2 N–H and O–H groups in total. The number of aryl methyl sites for hydroxylation is 1. The fourth-order valence-electron chi connectivity index (χ4n) is 2.91. The summed E-state index contributed by atoms with van der Waals surface area (Å²) in [5.41, 5.74) is 2.60. The van der Waals surface area contributed by atoms with Crippen molar-refractivity contribution >= 4 is 23.3 Å². The van der Waals surface area contributed by atoms with Gasteiger partial charge >= 0.3 is 6.03 Å². The van der Waals surface area contributed by atoms with Crippen LogP contribution in [0.15, 0.2) is 42.5 Å². The highest BCUT2D eigenvalue weighted by atomic mass is 16.6. The number of fused-ring (bicyclic) bond motifs is 1. The zero-order valence-corrected chi connectivity index (χ0v) is 16.3. The van der Waals surface area contributed by atoms with Crippen LogP contribution in [-0.2, 0) is 4.79 Å². The van der Waals surface area contributed by atoms with E-state index in [-0.39, 0.29) is 18.5 Å². The van der Waals surface area contributed by atoms with Crippen LogP contribution in [0.4, 0.5) is 16.2 Å². The number of hydrogen-bond acceptors (Lipinski definition) is 5. The third kappa shape index (κ3) is 4.94. The first-order valence-corrected chi connectivity index (χ1v) is 9.26. The van der Waals surface area contributed by atoms with Crippen LogP contribution in [-0.4, -0.2) is 37.7 Å². The maximum atomic E-state index is 12.4. The quantitative estimate of drug-likeness (QED) is 0.828. The third-order valence-corrected chi connectivity index (χ3v) is 4.36. The average molecular weight is 383 g/mol. The van der Waals surface area contributed by atoms with Gasteiger partial charge in [0.25, 0.3) is 0 Å². The van der Waals surface area contributed by atoms with E-state index in [1.54, 1.807) is 18.2 Å². The predicted molar refractivity (Wildman–Crippen MR) is 108 cm³/mol. The second-order valence-electron chi connectivity index (χ2n) is 6.92. The van der Waals surface area contributed by atoms with Crippen LogP contribution >= 0.6 is 0 Å². The fraction of sp³-hybridized carbons (Fsp3) is 0.333. The molecule has 7 heteroatoms. The maximum Gasteiger partial charge on any atom is 0.325 e. The Morgan fingerprint density at radius 1 is 1.04 bits per heavy atom.